The Morgan fingerprint density at radius 2 is 1.43 bits per heavy atom. The fourth-order valence-corrected chi connectivity index (χ4v) is 3.28. The summed E-state index contributed by atoms with van der Waals surface area (Å²) in [5.74, 6) is -0.294. The van der Waals surface area contributed by atoms with Crippen LogP contribution in [0, 0.1) is 0 Å². The van der Waals surface area contributed by atoms with E-state index in [2.05, 4.69) is 0 Å². The first kappa shape index (κ1) is 21.0. The molecular weight excluding hydrogens is 394 g/mol. The van der Waals surface area contributed by atoms with Gasteiger partial charge in [0.05, 0.1) is 34.1 Å². The van der Waals surface area contributed by atoms with Gasteiger partial charge in [-0.3, -0.25) is 19.3 Å². The van der Waals surface area contributed by atoms with Crippen LogP contribution in [0.5, 0.6) is 28.7 Å². The molecule has 1 heterocycles. The van der Waals surface area contributed by atoms with Gasteiger partial charge in [0.1, 0.15) is 6.04 Å². The molecule has 0 aliphatic carbocycles. The van der Waals surface area contributed by atoms with Gasteiger partial charge in [0, 0.05) is 19.1 Å². The molecule has 3 rings (SSSR count). The number of carbonyl (C=O) groups is 3. The van der Waals surface area contributed by atoms with Gasteiger partial charge in [0.25, 0.3) is 5.91 Å². The number of amides is 1. The number of benzene rings is 2. The van der Waals surface area contributed by atoms with E-state index < -0.39 is 23.7 Å². The first-order valence-electron chi connectivity index (χ1n) is 8.90. The number of hydrogen-bond acceptors (Lipinski definition) is 8. The van der Waals surface area contributed by atoms with E-state index in [1.807, 2.05) is 0 Å². The molecule has 2 aromatic rings. The Labute approximate surface area is 173 Å². The molecule has 0 N–H and O–H groups in total. The number of methoxy groups -OCH3 is 4. The SMILES string of the molecule is COc1ccc(C2C(=O)C(=O)N2c2cc(OC)c(OC)c(OC)c2)cc1OC(C)=O. The van der Waals surface area contributed by atoms with Gasteiger partial charge in [-0.25, -0.2) is 0 Å². The minimum atomic E-state index is -0.902. The van der Waals surface area contributed by atoms with E-state index in [9.17, 15) is 14.4 Å². The number of esters is 1. The Morgan fingerprint density at radius 1 is 0.833 bits per heavy atom. The van der Waals surface area contributed by atoms with Crippen molar-refractivity contribution in [2.45, 2.75) is 13.0 Å². The highest BCUT2D eigenvalue weighted by molar-refractivity contribution is 6.51. The van der Waals surface area contributed by atoms with Crippen molar-refractivity contribution < 1.29 is 38.1 Å². The van der Waals surface area contributed by atoms with Crippen molar-refractivity contribution in [2.24, 2.45) is 0 Å². The molecule has 1 fully saturated rings. The molecule has 1 saturated heterocycles. The van der Waals surface area contributed by atoms with E-state index >= 15 is 0 Å². The summed E-state index contributed by atoms with van der Waals surface area (Å²) in [5.41, 5.74) is 0.856. The van der Waals surface area contributed by atoms with Crippen molar-refractivity contribution in [1.29, 1.82) is 0 Å². The van der Waals surface area contributed by atoms with Crippen LogP contribution < -0.4 is 28.6 Å². The summed E-state index contributed by atoms with van der Waals surface area (Å²) in [6, 6.07) is 6.95. The number of nitrogens with zero attached hydrogens (tertiary/aromatic N) is 1. The average molecular weight is 415 g/mol. The fraction of sp³-hybridized carbons (Fsp3) is 0.286. The van der Waals surface area contributed by atoms with Gasteiger partial charge < -0.3 is 23.7 Å². The lowest BCUT2D eigenvalue weighted by molar-refractivity contribution is -0.143. The van der Waals surface area contributed by atoms with Gasteiger partial charge in [-0.2, -0.15) is 0 Å². The molecule has 1 atom stereocenters. The molecule has 9 nitrogen and oxygen atoms in total. The zero-order chi connectivity index (χ0) is 22.0. The van der Waals surface area contributed by atoms with Crippen LogP contribution in [0.1, 0.15) is 18.5 Å². The molecule has 0 radical (unpaired) electrons. The molecule has 1 unspecified atom stereocenters. The Hall–Kier alpha value is -3.75. The molecule has 1 amide bonds. The van der Waals surface area contributed by atoms with Gasteiger partial charge in [0.15, 0.2) is 23.0 Å². The number of β-lactam (4-membered cyclic amide) rings is 1. The molecule has 30 heavy (non-hydrogen) atoms. The van der Waals surface area contributed by atoms with Crippen LogP contribution in [-0.2, 0) is 14.4 Å². The fourth-order valence-electron chi connectivity index (χ4n) is 3.28. The van der Waals surface area contributed by atoms with E-state index in [1.54, 1.807) is 24.3 Å². The maximum absolute atomic E-state index is 12.4. The van der Waals surface area contributed by atoms with Crippen molar-refractivity contribution in [3.63, 3.8) is 0 Å². The first-order valence-corrected chi connectivity index (χ1v) is 8.90. The van der Waals surface area contributed by atoms with Crippen molar-refractivity contribution >= 4 is 23.3 Å². The molecule has 0 saturated carbocycles. The molecule has 9 heteroatoms. The van der Waals surface area contributed by atoms with Crippen LogP contribution in [0.2, 0.25) is 0 Å². The molecular formula is C21H21NO8. The maximum atomic E-state index is 12.4. The molecule has 2 aromatic carbocycles. The van der Waals surface area contributed by atoms with Gasteiger partial charge in [-0.1, -0.05) is 6.07 Å². The maximum Gasteiger partial charge on any atom is 0.308 e. The van der Waals surface area contributed by atoms with Crippen LogP contribution in [0.15, 0.2) is 30.3 Å². The third-order valence-corrected chi connectivity index (χ3v) is 4.62. The van der Waals surface area contributed by atoms with E-state index in [0.29, 0.717) is 34.2 Å². The topological polar surface area (TPSA) is 101 Å². The number of Topliss-reactive ketones (excluding diaryl/α,β-unsaturated/α-hetero) is 1. The molecule has 1 aliphatic heterocycles. The Morgan fingerprint density at radius 3 is 1.93 bits per heavy atom. The molecule has 0 spiro atoms. The summed E-state index contributed by atoms with van der Waals surface area (Å²) >= 11 is 0. The van der Waals surface area contributed by atoms with Crippen LogP contribution in [0.3, 0.4) is 0 Å². The lowest BCUT2D eigenvalue weighted by Crippen LogP contribution is -2.56. The second-order valence-corrected chi connectivity index (χ2v) is 6.33. The van der Waals surface area contributed by atoms with Crippen molar-refractivity contribution in [1.82, 2.24) is 0 Å². The van der Waals surface area contributed by atoms with Gasteiger partial charge in [-0.15, -0.1) is 0 Å². The smallest absolute Gasteiger partial charge is 0.308 e. The highest BCUT2D eigenvalue weighted by atomic mass is 16.6. The monoisotopic (exact) mass is 415 g/mol. The summed E-state index contributed by atoms with van der Waals surface area (Å²) < 4.78 is 26.3. The third-order valence-electron chi connectivity index (χ3n) is 4.62. The second-order valence-electron chi connectivity index (χ2n) is 6.33. The van der Waals surface area contributed by atoms with E-state index in [0.717, 1.165) is 0 Å². The zero-order valence-electron chi connectivity index (χ0n) is 17.2. The van der Waals surface area contributed by atoms with Crippen LogP contribution in [-0.4, -0.2) is 46.1 Å². The van der Waals surface area contributed by atoms with Crippen molar-refractivity contribution in [3.05, 3.63) is 35.9 Å². The van der Waals surface area contributed by atoms with Gasteiger partial charge in [0.2, 0.25) is 11.5 Å². The predicted octanol–water partition coefficient (Wildman–Crippen LogP) is 2.30. The first-order chi connectivity index (χ1) is 14.4. The highest BCUT2D eigenvalue weighted by Crippen LogP contribution is 2.46. The molecule has 0 aromatic heterocycles. The summed E-state index contributed by atoms with van der Waals surface area (Å²) in [6.07, 6.45) is 0. The predicted molar refractivity (Wildman–Crippen MR) is 106 cm³/mol. The molecule has 1 aliphatic rings. The molecule has 0 bridgehead atoms. The normalized spacial score (nSPS) is 15.4. The second kappa shape index (κ2) is 8.32. The number of rotatable bonds is 7. The summed E-state index contributed by atoms with van der Waals surface area (Å²) in [6.45, 7) is 1.26. The van der Waals surface area contributed by atoms with Gasteiger partial charge in [-0.05, 0) is 17.7 Å². The lowest BCUT2D eigenvalue weighted by atomic mass is 9.91. The minimum absolute atomic E-state index is 0.152. The van der Waals surface area contributed by atoms with Crippen LogP contribution in [0.4, 0.5) is 5.69 Å². The third kappa shape index (κ3) is 3.49. The number of anilines is 1. The molecule has 158 valence electrons. The Bertz CT molecular complexity index is 991. The standard InChI is InChI=1S/C21H21NO8/c1-11(23)30-15-8-12(6-7-14(15)26-2)18-19(24)21(25)22(18)13-9-16(27-3)20(29-5)17(10-13)28-4/h6-10,18H,1-5H3. The Kier molecular flexibility index (Phi) is 5.81. The van der Waals surface area contributed by atoms with E-state index in [-0.39, 0.29) is 5.75 Å². The van der Waals surface area contributed by atoms with Crippen LogP contribution >= 0.6 is 0 Å². The largest absolute Gasteiger partial charge is 0.493 e. The van der Waals surface area contributed by atoms with Crippen molar-refractivity contribution in [2.75, 3.05) is 33.3 Å². The minimum Gasteiger partial charge on any atom is -0.493 e. The highest BCUT2D eigenvalue weighted by Gasteiger charge is 2.48. The number of ketones is 1. The zero-order valence-corrected chi connectivity index (χ0v) is 17.2. The lowest BCUT2D eigenvalue weighted by Gasteiger charge is -2.39. The average Bonchev–Trinajstić information content (AvgIpc) is 2.75. The summed E-state index contributed by atoms with van der Waals surface area (Å²) in [4.78, 5) is 37.6. The number of hydrogen-bond donors (Lipinski definition) is 0. The number of carbonyl (C=O) groups excluding carboxylic acids is 3. The summed E-state index contributed by atoms with van der Waals surface area (Å²) in [7, 11) is 5.81. The van der Waals surface area contributed by atoms with Gasteiger partial charge >= 0.3 is 5.97 Å². The van der Waals surface area contributed by atoms with Crippen molar-refractivity contribution in [3.8, 4) is 28.7 Å². The number of ether oxygens (including phenoxy) is 5. The van der Waals surface area contributed by atoms with Crippen LogP contribution in [0.25, 0.3) is 0 Å². The quantitative estimate of drug-likeness (QED) is 0.294. The summed E-state index contributed by atoms with van der Waals surface area (Å²) in [5, 5.41) is 0. The Balaban J connectivity index is 2.07. The van der Waals surface area contributed by atoms with E-state index in [4.69, 9.17) is 23.7 Å². The van der Waals surface area contributed by atoms with E-state index in [1.165, 1.54) is 46.3 Å².